The fourth-order valence-electron chi connectivity index (χ4n) is 3.31. The third-order valence-electron chi connectivity index (χ3n) is 4.95. The number of nitrogens with two attached hydrogens (primary N) is 1. The predicted octanol–water partition coefficient (Wildman–Crippen LogP) is 2.52. The van der Waals surface area contributed by atoms with Gasteiger partial charge < -0.3 is 19.0 Å². The first kappa shape index (κ1) is 23.6. The monoisotopic (exact) mass is 482 g/mol. The molecule has 0 fully saturated rings. The zero-order chi connectivity index (χ0) is 24.1. The van der Waals surface area contributed by atoms with E-state index in [1.165, 1.54) is 16.3 Å². The van der Waals surface area contributed by atoms with E-state index < -0.39 is 14.6 Å². The van der Waals surface area contributed by atoms with E-state index in [-0.39, 0.29) is 5.82 Å². The van der Waals surface area contributed by atoms with Crippen molar-refractivity contribution in [1.29, 1.82) is 0 Å². The molecule has 34 heavy (non-hydrogen) atoms. The Morgan fingerprint density at radius 2 is 2.03 bits per heavy atom. The minimum atomic E-state index is -4.88. The maximum absolute atomic E-state index is 10.8. The molecule has 0 saturated carbocycles. The second-order valence-electron chi connectivity index (χ2n) is 7.65. The van der Waals surface area contributed by atoms with E-state index in [9.17, 15) is 9.46 Å². The number of pyridine rings is 2. The highest BCUT2D eigenvalue weighted by molar-refractivity contribution is 7.44. The Labute approximate surface area is 195 Å². The van der Waals surface area contributed by atoms with Crippen molar-refractivity contribution in [1.82, 2.24) is 10.1 Å². The molecule has 0 spiro atoms. The minimum absolute atomic E-state index is 0.190. The van der Waals surface area contributed by atoms with E-state index in [0.717, 1.165) is 11.1 Å². The lowest BCUT2D eigenvalue weighted by molar-refractivity contribution is -0.712. The highest BCUT2D eigenvalue weighted by atomic mass is 31.2. The Morgan fingerprint density at radius 3 is 2.76 bits per heavy atom. The Bertz CT molecular complexity index is 1320. The number of phosphoric acid groups is 1. The summed E-state index contributed by atoms with van der Waals surface area (Å²) < 4.78 is 27.8. The predicted molar refractivity (Wildman–Crippen MR) is 120 cm³/mol. The first-order chi connectivity index (χ1) is 16.3. The molecule has 0 aliphatic carbocycles. The number of anilines is 1. The van der Waals surface area contributed by atoms with Crippen LogP contribution in [0, 0.1) is 6.92 Å². The summed E-state index contributed by atoms with van der Waals surface area (Å²) in [6.07, 6.45) is 3.71. The largest absolute Gasteiger partial charge is 0.756 e. The molecule has 3 N–H and O–H groups in total. The molecule has 1 unspecified atom stereocenters. The van der Waals surface area contributed by atoms with Crippen LogP contribution in [0.5, 0.6) is 5.88 Å². The van der Waals surface area contributed by atoms with Crippen molar-refractivity contribution >= 4 is 13.6 Å². The number of benzene rings is 1. The Kier molecular flexibility index (Phi) is 7.04. The molecular weight excluding hydrogens is 459 g/mol. The van der Waals surface area contributed by atoms with Crippen LogP contribution in [-0.2, 0) is 28.8 Å². The van der Waals surface area contributed by atoms with Crippen molar-refractivity contribution in [2.75, 3.05) is 5.73 Å². The van der Waals surface area contributed by atoms with Crippen molar-refractivity contribution in [2.45, 2.75) is 26.7 Å². The topological polar surface area (TPSA) is 148 Å². The van der Waals surface area contributed by atoms with Crippen LogP contribution < -0.4 is 19.9 Å². The maximum atomic E-state index is 10.8. The van der Waals surface area contributed by atoms with Gasteiger partial charge in [0.15, 0.2) is 12.5 Å². The fourth-order valence-corrected chi connectivity index (χ4v) is 3.58. The van der Waals surface area contributed by atoms with Crippen LogP contribution in [0.25, 0.3) is 11.3 Å². The number of hydrogen-bond acceptors (Lipinski definition) is 8. The Morgan fingerprint density at radius 1 is 1.18 bits per heavy atom. The summed E-state index contributed by atoms with van der Waals surface area (Å²) in [5.74, 6) is 1.12. The van der Waals surface area contributed by atoms with E-state index >= 15 is 0 Å². The van der Waals surface area contributed by atoms with E-state index in [2.05, 4.69) is 20.7 Å². The highest BCUT2D eigenvalue weighted by Crippen LogP contribution is 2.30. The second-order valence-corrected chi connectivity index (χ2v) is 8.84. The molecule has 4 aromatic rings. The summed E-state index contributed by atoms with van der Waals surface area (Å²) in [7, 11) is -4.88. The Balaban J connectivity index is 1.40. The lowest BCUT2D eigenvalue weighted by Crippen LogP contribution is -2.38. The zero-order valence-corrected chi connectivity index (χ0v) is 19.2. The van der Waals surface area contributed by atoms with Crippen LogP contribution >= 0.6 is 7.82 Å². The molecule has 4 rings (SSSR count). The van der Waals surface area contributed by atoms with Crippen LogP contribution in [0.2, 0.25) is 0 Å². The van der Waals surface area contributed by atoms with Gasteiger partial charge in [-0.3, -0.25) is 14.8 Å². The lowest BCUT2D eigenvalue weighted by Gasteiger charge is -2.14. The van der Waals surface area contributed by atoms with Crippen LogP contribution in [-0.4, -0.2) is 15.0 Å². The van der Waals surface area contributed by atoms with Gasteiger partial charge in [0.05, 0.1) is 11.9 Å². The number of aromatic nitrogens is 3. The first-order valence-electron chi connectivity index (χ1n) is 10.3. The molecule has 3 heterocycles. The molecule has 0 amide bonds. The summed E-state index contributed by atoms with van der Waals surface area (Å²) in [6, 6.07) is 16.9. The summed E-state index contributed by atoms with van der Waals surface area (Å²) in [6.45, 7) is 2.01. The van der Waals surface area contributed by atoms with Crippen molar-refractivity contribution in [3.63, 3.8) is 0 Å². The zero-order valence-electron chi connectivity index (χ0n) is 18.3. The normalized spacial score (nSPS) is 12.9. The average Bonchev–Trinajstić information content (AvgIpc) is 3.25. The van der Waals surface area contributed by atoms with Gasteiger partial charge in [0.2, 0.25) is 5.88 Å². The van der Waals surface area contributed by atoms with Crippen molar-refractivity contribution in [3.8, 4) is 17.2 Å². The van der Waals surface area contributed by atoms with Crippen LogP contribution in [0.15, 0.2) is 71.5 Å². The van der Waals surface area contributed by atoms with Gasteiger partial charge in [-0.2, -0.15) is 0 Å². The molecule has 1 aromatic carbocycles. The first-order valence-corrected chi connectivity index (χ1v) is 11.8. The molecule has 10 nitrogen and oxygen atoms in total. The molecule has 11 heteroatoms. The molecule has 0 aliphatic rings. The van der Waals surface area contributed by atoms with Gasteiger partial charge in [0, 0.05) is 24.8 Å². The Hall–Kier alpha value is -3.56. The minimum Gasteiger partial charge on any atom is -0.756 e. The number of nitrogens with zero attached hydrogens (tertiary/aromatic N) is 3. The molecule has 0 bridgehead atoms. The van der Waals surface area contributed by atoms with E-state index in [1.807, 2.05) is 31.2 Å². The maximum Gasteiger partial charge on any atom is 0.285 e. The van der Waals surface area contributed by atoms with E-state index in [0.29, 0.717) is 35.9 Å². The van der Waals surface area contributed by atoms with Gasteiger partial charge in [-0.05, 0) is 30.2 Å². The van der Waals surface area contributed by atoms with Gasteiger partial charge in [0.25, 0.3) is 13.6 Å². The quantitative estimate of drug-likeness (QED) is 0.271. The van der Waals surface area contributed by atoms with Gasteiger partial charge in [-0.25, -0.2) is 9.55 Å². The van der Waals surface area contributed by atoms with Crippen LogP contribution in [0.4, 0.5) is 5.82 Å². The summed E-state index contributed by atoms with van der Waals surface area (Å²) in [4.78, 5) is 24.0. The second kappa shape index (κ2) is 10.1. The van der Waals surface area contributed by atoms with Crippen molar-refractivity contribution < 1.29 is 32.7 Å². The number of phosphoric ester groups is 1. The molecule has 0 radical (unpaired) electrons. The number of hydrogen-bond donors (Lipinski definition) is 2. The van der Waals surface area contributed by atoms with Gasteiger partial charge in [-0.1, -0.05) is 41.1 Å². The number of aryl methyl sites for hydroxylation is 1. The lowest BCUT2D eigenvalue weighted by atomic mass is 10.1. The summed E-state index contributed by atoms with van der Waals surface area (Å²) in [5.41, 5.74) is 10.4. The van der Waals surface area contributed by atoms with Crippen LogP contribution in [0.1, 0.15) is 22.4 Å². The van der Waals surface area contributed by atoms with E-state index in [4.69, 9.17) is 19.9 Å². The van der Waals surface area contributed by atoms with Crippen molar-refractivity contribution in [3.05, 3.63) is 89.4 Å². The number of rotatable bonds is 9. The van der Waals surface area contributed by atoms with Gasteiger partial charge >= 0.3 is 0 Å². The van der Waals surface area contributed by atoms with E-state index in [1.54, 1.807) is 30.5 Å². The smallest absolute Gasteiger partial charge is 0.285 e. The fraction of sp³-hybridized carbons (Fsp3) is 0.174. The third-order valence-corrected chi connectivity index (χ3v) is 5.39. The molecule has 0 saturated heterocycles. The standard InChI is InChI=1S/C23H23N4O6P/c1-16-4-2-5-18(10-16)14-31-22-8-7-17(13-25-22)11-19-12-21(33-26-19)20-6-3-9-27(23(20)24)15-32-34(28,29)30/h2-10,12-13,24H,11,14-15H2,1H3,(H2,28,29,30). The van der Waals surface area contributed by atoms with Gasteiger partial charge in [0.1, 0.15) is 12.2 Å². The van der Waals surface area contributed by atoms with Crippen molar-refractivity contribution in [2.24, 2.45) is 0 Å². The van der Waals surface area contributed by atoms with Gasteiger partial charge in [-0.15, -0.1) is 0 Å². The molecule has 3 aromatic heterocycles. The number of nitrogen functional groups attached to an aromatic ring is 1. The average molecular weight is 482 g/mol. The van der Waals surface area contributed by atoms with Crippen LogP contribution in [0.3, 0.4) is 0 Å². The SMILES string of the molecule is Cc1cccc(COc2ccc(Cc3cc(-c4ccc[n+](COP(=O)([O-])O)c4N)on3)cn2)c1. The summed E-state index contributed by atoms with van der Waals surface area (Å²) >= 11 is 0. The number of ether oxygens (including phenoxy) is 1. The third kappa shape index (κ3) is 6.27. The molecular formula is C23H23N4O6P. The molecule has 176 valence electrons. The molecule has 0 aliphatic heterocycles. The highest BCUT2D eigenvalue weighted by Gasteiger charge is 2.18. The molecule has 1 atom stereocenters. The summed E-state index contributed by atoms with van der Waals surface area (Å²) in [5, 5.41) is 4.09.